The number of para-hydroxylation sites is 1. The quantitative estimate of drug-likeness (QED) is 0.367. The number of benzene rings is 3. The fourth-order valence-corrected chi connectivity index (χ4v) is 5.23. The van der Waals surface area contributed by atoms with Crippen molar-refractivity contribution in [2.45, 2.75) is 37.5 Å². The monoisotopic (exact) mass is 471 g/mol. The van der Waals surface area contributed by atoms with E-state index in [1.165, 1.54) is 35.4 Å². The lowest BCUT2D eigenvalue weighted by atomic mass is 10.0. The number of likely N-dealkylation sites (tertiary alicyclic amines) is 1. The van der Waals surface area contributed by atoms with Gasteiger partial charge in [-0.25, -0.2) is 0 Å². The number of thioether (sulfide) groups is 1. The molecule has 1 unspecified atom stereocenters. The van der Waals surface area contributed by atoms with E-state index in [9.17, 15) is 4.79 Å². The van der Waals surface area contributed by atoms with Gasteiger partial charge >= 0.3 is 0 Å². The highest BCUT2D eigenvalue weighted by Crippen LogP contribution is 2.24. The Morgan fingerprint density at radius 3 is 2.50 bits per heavy atom. The number of hydrogen-bond acceptors (Lipinski definition) is 5. The van der Waals surface area contributed by atoms with Gasteiger partial charge < -0.3 is 5.32 Å². The lowest BCUT2D eigenvalue weighted by Crippen LogP contribution is -2.28. The zero-order chi connectivity index (χ0) is 23.3. The standard InChI is InChI=1S/C27H29N5OS/c1-20(22-14-13-21-9-5-6-10-23(21)17-22)28-26(33)19-34-27-30-29-25(18-31-15-7-8-16-31)32(27)24-11-3-2-4-12-24/h2-6,9-14,17,20H,7-8,15-16,18-19H2,1H3,(H,28,33). The predicted octanol–water partition coefficient (Wildman–Crippen LogP) is 4.99. The fraction of sp³-hybridized carbons (Fsp3) is 0.296. The molecule has 6 nitrogen and oxygen atoms in total. The summed E-state index contributed by atoms with van der Waals surface area (Å²) in [4.78, 5) is 15.2. The number of nitrogens with one attached hydrogen (secondary N) is 1. The summed E-state index contributed by atoms with van der Waals surface area (Å²) < 4.78 is 2.09. The Hall–Kier alpha value is -3.16. The molecule has 0 spiro atoms. The van der Waals surface area contributed by atoms with Gasteiger partial charge in [-0.1, -0.05) is 66.4 Å². The van der Waals surface area contributed by atoms with Crippen LogP contribution >= 0.6 is 11.8 Å². The molecule has 0 radical (unpaired) electrons. The summed E-state index contributed by atoms with van der Waals surface area (Å²) in [6, 6.07) is 24.7. The van der Waals surface area contributed by atoms with Crippen molar-refractivity contribution < 1.29 is 4.79 Å². The van der Waals surface area contributed by atoms with Gasteiger partial charge in [0.25, 0.3) is 0 Å². The van der Waals surface area contributed by atoms with Crippen LogP contribution in [-0.4, -0.2) is 44.4 Å². The summed E-state index contributed by atoms with van der Waals surface area (Å²) in [5.41, 5.74) is 2.12. The van der Waals surface area contributed by atoms with Crippen LogP contribution in [0, 0.1) is 0 Å². The Balaban J connectivity index is 1.27. The molecule has 1 aliphatic heterocycles. The van der Waals surface area contributed by atoms with E-state index in [0.29, 0.717) is 0 Å². The zero-order valence-corrected chi connectivity index (χ0v) is 20.2. The van der Waals surface area contributed by atoms with Gasteiger partial charge in [0.05, 0.1) is 18.3 Å². The number of fused-ring (bicyclic) bond motifs is 1. The minimum atomic E-state index is -0.0737. The van der Waals surface area contributed by atoms with Gasteiger partial charge in [0.15, 0.2) is 11.0 Å². The molecule has 2 heterocycles. The van der Waals surface area contributed by atoms with Crippen molar-refractivity contribution in [3.63, 3.8) is 0 Å². The molecule has 1 N–H and O–H groups in total. The highest BCUT2D eigenvalue weighted by atomic mass is 32.2. The number of hydrogen-bond donors (Lipinski definition) is 1. The van der Waals surface area contributed by atoms with Gasteiger partial charge in [-0.2, -0.15) is 0 Å². The van der Waals surface area contributed by atoms with Crippen LogP contribution in [0.2, 0.25) is 0 Å². The maximum absolute atomic E-state index is 12.8. The minimum absolute atomic E-state index is 0.0191. The Morgan fingerprint density at radius 1 is 0.971 bits per heavy atom. The van der Waals surface area contributed by atoms with E-state index >= 15 is 0 Å². The molecule has 1 saturated heterocycles. The first kappa shape index (κ1) is 22.6. The molecule has 0 bridgehead atoms. The number of rotatable bonds is 8. The second kappa shape index (κ2) is 10.4. The van der Waals surface area contributed by atoms with Gasteiger partial charge in [-0.15, -0.1) is 10.2 Å². The van der Waals surface area contributed by atoms with Gasteiger partial charge in [-0.05, 0) is 67.4 Å². The topological polar surface area (TPSA) is 63.1 Å². The van der Waals surface area contributed by atoms with E-state index in [-0.39, 0.29) is 17.7 Å². The van der Waals surface area contributed by atoms with E-state index < -0.39 is 0 Å². The molecule has 0 aliphatic carbocycles. The first-order valence-corrected chi connectivity index (χ1v) is 12.8. The van der Waals surface area contributed by atoms with Crippen LogP contribution in [0.1, 0.15) is 37.2 Å². The van der Waals surface area contributed by atoms with Crippen molar-refractivity contribution in [3.8, 4) is 5.69 Å². The maximum atomic E-state index is 12.8. The lowest BCUT2D eigenvalue weighted by Gasteiger charge is -2.16. The smallest absolute Gasteiger partial charge is 0.230 e. The lowest BCUT2D eigenvalue weighted by molar-refractivity contribution is -0.119. The predicted molar refractivity (Wildman–Crippen MR) is 137 cm³/mol. The molecule has 0 saturated carbocycles. The number of carbonyl (C=O) groups is 1. The van der Waals surface area contributed by atoms with Crippen LogP contribution in [0.5, 0.6) is 0 Å². The van der Waals surface area contributed by atoms with Crippen molar-refractivity contribution in [2.24, 2.45) is 0 Å². The molecule has 174 valence electrons. The minimum Gasteiger partial charge on any atom is -0.349 e. The van der Waals surface area contributed by atoms with Gasteiger partial charge in [0, 0.05) is 5.69 Å². The SMILES string of the molecule is CC(NC(=O)CSc1nnc(CN2CCCC2)n1-c1ccccc1)c1ccc2ccccc2c1. The molecule has 1 amide bonds. The third-order valence-electron chi connectivity index (χ3n) is 6.26. The van der Waals surface area contributed by atoms with Crippen LogP contribution < -0.4 is 5.32 Å². The summed E-state index contributed by atoms with van der Waals surface area (Å²) in [7, 11) is 0. The largest absolute Gasteiger partial charge is 0.349 e. The molecular weight excluding hydrogens is 442 g/mol. The molecule has 3 aromatic carbocycles. The van der Waals surface area contributed by atoms with Gasteiger partial charge in [0.2, 0.25) is 5.91 Å². The normalized spacial score (nSPS) is 15.0. The Labute approximate surface area is 204 Å². The maximum Gasteiger partial charge on any atom is 0.230 e. The first-order valence-electron chi connectivity index (χ1n) is 11.8. The van der Waals surface area contributed by atoms with Gasteiger partial charge in [-0.3, -0.25) is 14.3 Å². The molecule has 1 atom stereocenters. The van der Waals surface area contributed by atoms with E-state index in [1.807, 2.05) is 37.3 Å². The molecule has 1 aliphatic rings. The Kier molecular flexibility index (Phi) is 6.92. The summed E-state index contributed by atoms with van der Waals surface area (Å²) >= 11 is 1.43. The number of carbonyl (C=O) groups excluding carboxylic acids is 1. The van der Waals surface area contributed by atoms with Crippen molar-refractivity contribution in [3.05, 3.63) is 84.2 Å². The van der Waals surface area contributed by atoms with Gasteiger partial charge in [0.1, 0.15) is 0 Å². The van der Waals surface area contributed by atoms with E-state index in [0.717, 1.165) is 41.9 Å². The van der Waals surface area contributed by atoms with E-state index in [4.69, 9.17) is 0 Å². The van der Waals surface area contributed by atoms with Crippen molar-refractivity contribution in [1.29, 1.82) is 0 Å². The van der Waals surface area contributed by atoms with Crippen LogP contribution in [0.3, 0.4) is 0 Å². The van der Waals surface area contributed by atoms with Crippen LogP contribution in [0.15, 0.2) is 78.0 Å². The fourth-order valence-electron chi connectivity index (χ4n) is 4.45. The van der Waals surface area contributed by atoms with E-state index in [1.54, 1.807) is 0 Å². The zero-order valence-electron chi connectivity index (χ0n) is 19.4. The molecule has 1 aromatic heterocycles. The molecule has 4 aromatic rings. The summed E-state index contributed by atoms with van der Waals surface area (Å²) in [5.74, 6) is 1.18. The average Bonchev–Trinajstić information content (AvgIpc) is 3.53. The molecule has 5 rings (SSSR count). The third-order valence-corrected chi connectivity index (χ3v) is 7.19. The second-order valence-corrected chi connectivity index (χ2v) is 9.68. The number of nitrogens with zero attached hydrogens (tertiary/aromatic N) is 4. The molecular formula is C27H29N5OS. The highest BCUT2D eigenvalue weighted by Gasteiger charge is 2.20. The Bertz CT molecular complexity index is 1270. The average molecular weight is 472 g/mol. The summed E-state index contributed by atoms with van der Waals surface area (Å²) in [6.07, 6.45) is 2.47. The third kappa shape index (κ3) is 5.16. The molecule has 7 heteroatoms. The van der Waals surface area contributed by atoms with Crippen LogP contribution in [0.4, 0.5) is 0 Å². The van der Waals surface area contributed by atoms with Crippen molar-refractivity contribution in [1.82, 2.24) is 25.0 Å². The first-order chi connectivity index (χ1) is 16.7. The molecule has 34 heavy (non-hydrogen) atoms. The van der Waals surface area contributed by atoms with Crippen LogP contribution in [0.25, 0.3) is 16.5 Å². The van der Waals surface area contributed by atoms with Crippen LogP contribution in [-0.2, 0) is 11.3 Å². The number of amides is 1. The van der Waals surface area contributed by atoms with Crippen molar-refractivity contribution >= 4 is 28.4 Å². The van der Waals surface area contributed by atoms with Crippen molar-refractivity contribution in [2.75, 3.05) is 18.8 Å². The van der Waals surface area contributed by atoms with E-state index in [2.05, 4.69) is 67.4 Å². The Morgan fingerprint density at radius 2 is 1.71 bits per heavy atom. The molecule has 1 fully saturated rings. The summed E-state index contributed by atoms with van der Waals surface area (Å²) in [6.45, 7) is 4.99. The second-order valence-electron chi connectivity index (χ2n) is 8.74. The highest BCUT2D eigenvalue weighted by molar-refractivity contribution is 7.99. The number of aromatic nitrogens is 3. The summed E-state index contributed by atoms with van der Waals surface area (Å²) in [5, 5.41) is 15.2.